The molecule has 0 aliphatic rings. The highest BCUT2D eigenvalue weighted by Gasteiger charge is 2.16. The number of amides is 1. The quantitative estimate of drug-likeness (QED) is 0.413. The van der Waals surface area contributed by atoms with Gasteiger partial charge in [-0.05, 0) is 44.9 Å². The summed E-state index contributed by atoms with van der Waals surface area (Å²) in [5, 5.41) is 11.9. The van der Waals surface area contributed by atoms with Crippen molar-refractivity contribution < 1.29 is 19.1 Å². The first kappa shape index (κ1) is 21.5. The van der Waals surface area contributed by atoms with Gasteiger partial charge in [0.1, 0.15) is 11.6 Å². The highest BCUT2D eigenvalue weighted by atomic mass is 16.5. The van der Waals surface area contributed by atoms with Crippen LogP contribution in [0.15, 0.2) is 11.6 Å². The van der Waals surface area contributed by atoms with E-state index < -0.39 is 18.5 Å². The van der Waals surface area contributed by atoms with E-state index in [1.54, 1.807) is 6.92 Å². The molecule has 1 aromatic heterocycles. The molecule has 0 spiro atoms. The summed E-state index contributed by atoms with van der Waals surface area (Å²) in [5.74, 6) is -1.26. The summed E-state index contributed by atoms with van der Waals surface area (Å²) in [6, 6.07) is 3.58. The Labute approximate surface area is 154 Å². The first-order valence-corrected chi connectivity index (χ1v) is 8.57. The third kappa shape index (κ3) is 6.05. The maximum absolute atomic E-state index is 12.1. The minimum absolute atomic E-state index is 0.139. The molecule has 1 amide bonds. The molecule has 26 heavy (non-hydrogen) atoms. The first-order chi connectivity index (χ1) is 12.3. The molecular weight excluding hydrogens is 334 g/mol. The summed E-state index contributed by atoms with van der Waals surface area (Å²) in [6.45, 7) is 8.57. The second-order valence-corrected chi connectivity index (χ2v) is 6.15. The number of aryl methyl sites for hydroxylation is 1. The van der Waals surface area contributed by atoms with Crippen molar-refractivity contribution in [3.8, 4) is 6.07 Å². The zero-order chi connectivity index (χ0) is 19.7. The van der Waals surface area contributed by atoms with Crippen LogP contribution in [-0.4, -0.2) is 42.8 Å². The Morgan fingerprint density at radius 2 is 2.12 bits per heavy atom. The maximum atomic E-state index is 12.1. The number of ether oxygens (including phenoxy) is 2. The molecule has 1 heterocycles. The van der Waals surface area contributed by atoms with Gasteiger partial charge in [0.15, 0.2) is 6.61 Å². The number of rotatable bonds is 9. The zero-order valence-corrected chi connectivity index (χ0v) is 16.1. The van der Waals surface area contributed by atoms with Gasteiger partial charge in [0, 0.05) is 31.1 Å². The van der Waals surface area contributed by atoms with Gasteiger partial charge in [-0.2, -0.15) is 5.26 Å². The molecule has 0 aromatic carbocycles. The number of esters is 1. The molecule has 142 valence electrons. The van der Waals surface area contributed by atoms with Gasteiger partial charge < -0.3 is 19.4 Å². The van der Waals surface area contributed by atoms with Crippen molar-refractivity contribution in [2.45, 2.75) is 46.7 Å². The van der Waals surface area contributed by atoms with Gasteiger partial charge in [0.25, 0.3) is 5.91 Å². The number of nitriles is 1. The predicted octanol–water partition coefficient (Wildman–Crippen LogP) is 2.12. The smallest absolute Gasteiger partial charge is 0.349 e. The highest BCUT2D eigenvalue weighted by Crippen LogP contribution is 2.19. The standard InChI is InChI=1S/C19H27N3O4/c1-6-7-22-14(3)8-16(15(22)4)9-17(10-20)19(24)26-12-18(23)21-13(2)11-25-5/h8-9,13H,6-7,11-12H2,1-5H3,(H,21,23). The van der Waals surface area contributed by atoms with Crippen molar-refractivity contribution in [1.29, 1.82) is 5.26 Å². The van der Waals surface area contributed by atoms with E-state index in [4.69, 9.17) is 9.47 Å². The second kappa shape index (κ2) is 10.4. The number of hydrogen-bond acceptors (Lipinski definition) is 5. The van der Waals surface area contributed by atoms with Crippen LogP contribution in [0.1, 0.15) is 37.2 Å². The molecule has 7 nitrogen and oxygen atoms in total. The number of aromatic nitrogens is 1. The van der Waals surface area contributed by atoms with Crippen LogP contribution in [0.5, 0.6) is 0 Å². The lowest BCUT2D eigenvalue weighted by molar-refractivity contribution is -0.144. The minimum atomic E-state index is -0.817. The van der Waals surface area contributed by atoms with E-state index >= 15 is 0 Å². The Balaban J connectivity index is 2.78. The number of hydrogen-bond donors (Lipinski definition) is 1. The van der Waals surface area contributed by atoms with E-state index in [0.717, 1.165) is 29.9 Å². The molecule has 0 aliphatic carbocycles. The Bertz CT molecular complexity index is 713. The van der Waals surface area contributed by atoms with E-state index in [1.165, 1.54) is 13.2 Å². The fourth-order valence-corrected chi connectivity index (χ4v) is 2.65. The molecule has 0 aliphatic heterocycles. The Kier molecular flexibility index (Phi) is 8.59. The first-order valence-electron chi connectivity index (χ1n) is 8.57. The predicted molar refractivity (Wildman–Crippen MR) is 98.2 cm³/mol. The second-order valence-electron chi connectivity index (χ2n) is 6.15. The van der Waals surface area contributed by atoms with Crippen molar-refractivity contribution in [1.82, 2.24) is 9.88 Å². The fourth-order valence-electron chi connectivity index (χ4n) is 2.65. The van der Waals surface area contributed by atoms with Crippen LogP contribution in [0.2, 0.25) is 0 Å². The summed E-state index contributed by atoms with van der Waals surface area (Å²) >= 11 is 0. The molecule has 0 fully saturated rings. The fraction of sp³-hybridized carbons (Fsp3) is 0.526. The zero-order valence-electron chi connectivity index (χ0n) is 16.1. The number of methoxy groups -OCH3 is 1. The van der Waals surface area contributed by atoms with Crippen LogP contribution in [0, 0.1) is 25.2 Å². The van der Waals surface area contributed by atoms with Gasteiger partial charge in [0.05, 0.1) is 6.61 Å². The van der Waals surface area contributed by atoms with Crippen molar-refractivity contribution in [3.05, 3.63) is 28.6 Å². The van der Waals surface area contributed by atoms with Crippen LogP contribution < -0.4 is 5.32 Å². The summed E-state index contributed by atoms with van der Waals surface area (Å²) in [7, 11) is 1.53. The normalized spacial score (nSPS) is 12.4. The van der Waals surface area contributed by atoms with Crippen LogP contribution in [0.25, 0.3) is 6.08 Å². The van der Waals surface area contributed by atoms with Crippen LogP contribution in [-0.2, 0) is 25.6 Å². The molecule has 7 heteroatoms. The van der Waals surface area contributed by atoms with Gasteiger partial charge >= 0.3 is 5.97 Å². The van der Waals surface area contributed by atoms with E-state index in [0.29, 0.717) is 6.61 Å². The SMILES string of the molecule is CCCn1c(C)cc(C=C(C#N)C(=O)OCC(=O)NC(C)COC)c1C. The van der Waals surface area contributed by atoms with E-state index in [2.05, 4.69) is 16.8 Å². The minimum Gasteiger partial charge on any atom is -0.451 e. The van der Waals surface area contributed by atoms with Gasteiger partial charge in [0.2, 0.25) is 0 Å². The third-order valence-electron chi connectivity index (χ3n) is 3.86. The molecule has 1 atom stereocenters. The van der Waals surface area contributed by atoms with Crippen molar-refractivity contribution >= 4 is 18.0 Å². The Hall–Kier alpha value is -2.59. The molecule has 1 aromatic rings. The molecular formula is C19H27N3O4. The van der Waals surface area contributed by atoms with Crippen molar-refractivity contribution in [2.75, 3.05) is 20.3 Å². The van der Waals surface area contributed by atoms with Gasteiger partial charge in [-0.1, -0.05) is 6.92 Å². The Morgan fingerprint density at radius 1 is 1.42 bits per heavy atom. The third-order valence-corrected chi connectivity index (χ3v) is 3.86. The Morgan fingerprint density at radius 3 is 2.69 bits per heavy atom. The highest BCUT2D eigenvalue weighted by molar-refractivity contribution is 5.99. The topological polar surface area (TPSA) is 93.4 Å². The molecule has 1 rings (SSSR count). The summed E-state index contributed by atoms with van der Waals surface area (Å²) < 4.78 is 12.0. The lowest BCUT2D eigenvalue weighted by atomic mass is 10.1. The molecule has 0 bridgehead atoms. The maximum Gasteiger partial charge on any atom is 0.349 e. The summed E-state index contributed by atoms with van der Waals surface area (Å²) in [4.78, 5) is 23.8. The van der Waals surface area contributed by atoms with E-state index in [-0.39, 0.29) is 11.6 Å². The van der Waals surface area contributed by atoms with Crippen molar-refractivity contribution in [3.63, 3.8) is 0 Å². The number of nitrogens with zero attached hydrogens (tertiary/aromatic N) is 2. The number of carbonyl (C=O) groups excluding carboxylic acids is 2. The molecule has 1 unspecified atom stereocenters. The lowest BCUT2D eigenvalue weighted by Gasteiger charge is -2.12. The largest absolute Gasteiger partial charge is 0.451 e. The molecule has 1 N–H and O–H groups in total. The van der Waals surface area contributed by atoms with Crippen LogP contribution >= 0.6 is 0 Å². The van der Waals surface area contributed by atoms with Gasteiger partial charge in [-0.3, -0.25) is 4.79 Å². The number of carbonyl (C=O) groups is 2. The van der Waals surface area contributed by atoms with Crippen LogP contribution in [0.4, 0.5) is 0 Å². The summed E-state index contributed by atoms with van der Waals surface area (Å²) in [6.07, 6.45) is 2.49. The number of nitrogens with one attached hydrogen (secondary N) is 1. The summed E-state index contributed by atoms with van der Waals surface area (Å²) in [5.41, 5.74) is 2.70. The van der Waals surface area contributed by atoms with Gasteiger partial charge in [-0.25, -0.2) is 4.79 Å². The van der Waals surface area contributed by atoms with E-state index in [9.17, 15) is 14.9 Å². The monoisotopic (exact) mass is 361 g/mol. The van der Waals surface area contributed by atoms with Crippen LogP contribution in [0.3, 0.4) is 0 Å². The molecule has 0 saturated carbocycles. The van der Waals surface area contributed by atoms with Crippen molar-refractivity contribution in [2.24, 2.45) is 0 Å². The molecule has 0 radical (unpaired) electrons. The van der Waals surface area contributed by atoms with E-state index in [1.807, 2.05) is 26.0 Å². The molecule has 0 saturated heterocycles. The average Bonchev–Trinajstić information content (AvgIpc) is 2.85. The van der Waals surface area contributed by atoms with Gasteiger partial charge in [-0.15, -0.1) is 0 Å². The lowest BCUT2D eigenvalue weighted by Crippen LogP contribution is -2.38. The average molecular weight is 361 g/mol.